The molecule has 0 bridgehead atoms. The SMILES string of the molecule is c1cncc(CNc2cccc(-c3nn[nH]n3)c2)c1. The van der Waals surface area contributed by atoms with Crippen molar-refractivity contribution in [3.05, 3.63) is 54.4 Å². The molecular weight excluding hydrogens is 240 g/mol. The summed E-state index contributed by atoms with van der Waals surface area (Å²) in [6.45, 7) is 0.726. The number of pyridine rings is 1. The Morgan fingerprint density at radius 2 is 2.16 bits per heavy atom. The van der Waals surface area contributed by atoms with Crippen molar-refractivity contribution in [2.45, 2.75) is 6.54 Å². The summed E-state index contributed by atoms with van der Waals surface area (Å²) in [6.07, 6.45) is 3.61. The molecule has 0 fully saturated rings. The summed E-state index contributed by atoms with van der Waals surface area (Å²) in [5, 5.41) is 17.3. The zero-order valence-corrected chi connectivity index (χ0v) is 10.1. The molecule has 2 aromatic heterocycles. The number of hydrogen-bond acceptors (Lipinski definition) is 5. The van der Waals surface area contributed by atoms with E-state index in [0.717, 1.165) is 23.4 Å². The average Bonchev–Trinajstić information content (AvgIpc) is 3.01. The Hall–Kier alpha value is -2.76. The maximum atomic E-state index is 4.08. The lowest BCUT2D eigenvalue weighted by Gasteiger charge is -2.06. The number of rotatable bonds is 4. The Morgan fingerprint density at radius 1 is 1.16 bits per heavy atom. The molecule has 19 heavy (non-hydrogen) atoms. The van der Waals surface area contributed by atoms with Gasteiger partial charge < -0.3 is 5.32 Å². The van der Waals surface area contributed by atoms with Gasteiger partial charge in [-0.25, -0.2) is 0 Å². The summed E-state index contributed by atoms with van der Waals surface area (Å²) in [6, 6.07) is 11.8. The second-order valence-corrected chi connectivity index (χ2v) is 4.03. The molecule has 6 nitrogen and oxygen atoms in total. The molecule has 0 radical (unpaired) electrons. The fourth-order valence-corrected chi connectivity index (χ4v) is 1.76. The van der Waals surface area contributed by atoms with Crippen LogP contribution in [-0.4, -0.2) is 25.6 Å². The first kappa shape index (κ1) is 11.3. The number of nitrogens with one attached hydrogen (secondary N) is 2. The van der Waals surface area contributed by atoms with Gasteiger partial charge in [-0.15, -0.1) is 10.2 Å². The maximum absolute atomic E-state index is 4.08. The summed E-state index contributed by atoms with van der Waals surface area (Å²) in [5.41, 5.74) is 3.06. The van der Waals surface area contributed by atoms with Gasteiger partial charge in [0, 0.05) is 30.2 Å². The van der Waals surface area contributed by atoms with Crippen LogP contribution < -0.4 is 5.32 Å². The van der Waals surface area contributed by atoms with E-state index in [1.807, 2.05) is 42.6 Å². The minimum absolute atomic E-state index is 0.588. The van der Waals surface area contributed by atoms with Crippen LogP contribution in [0.1, 0.15) is 5.56 Å². The van der Waals surface area contributed by atoms with Crippen LogP contribution in [0.15, 0.2) is 48.8 Å². The molecule has 0 aliphatic rings. The van der Waals surface area contributed by atoms with Gasteiger partial charge in [-0.2, -0.15) is 5.21 Å². The number of anilines is 1. The second-order valence-electron chi connectivity index (χ2n) is 4.03. The molecule has 0 unspecified atom stereocenters. The fraction of sp³-hybridized carbons (Fsp3) is 0.0769. The fourth-order valence-electron chi connectivity index (χ4n) is 1.76. The van der Waals surface area contributed by atoms with Crippen LogP contribution in [-0.2, 0) is 6.54 Å². The van der Waals surface area contributed by atoms with Crippen LogP contribution in [0, 0.1) is 0 Å². The molecule has 1 aromatic carbocycles. The van der Waals surface area contributed by atoms with Gasteiger partial charge in [0.15, 0.2) is 0 Å². The number of hydrogen-bond donors (Lipinski definition) is 2. The molecule has 0 spiro atoms. The van der Waals surface area contributed by atoms with Crippen molar-refractivity contribution < 1.29 is 0 Å². The van der Waals surface area contributed by atoms with Crippen LogP contribution >= 0.6 is 0 Å². The molecule has 2 heterocycles. The molecule has 3 aromatic rings. The normalized spacial score (nSPS) is 10.3. The van der Waals surface area contributed by atoms with Crippen LogP contribution in [0.3, 0.4) is 0 Å². The summed E-state index contributed by atoms with van der Waals surface area (Å²) >= 11 is 0. The topological polar surface area (TPSA) is 79.4 Å². The summed E-state index contributed by atoms with van der Waals surface area (Å²) in [7, 11) is 0. The van der Waals surface area contributed by atoms with Crippen molar-refractivity contribution in [1.82, 2.24) is 25.6 Å². The van der Waals surface area contributed by atoms with Crippen molar-refractivity contribution in [1.29, 1.82) is 0 Å². The van der Waals surface area contributed by atoms with Crippen LogP contribution in [0.25, 0.3) is 11.4 Å². The first-order chi connectivity index (χ1) is 9.42. The summed E-state index contributed by atoms with van der Waals surface area (Å²) in [5.74, 6) is 0.588. The van der Waals surface area contributed by atoms with Gasteiger partial charge >= 0.3 is 0 Å². The molecule has 0 saturated heterocycles. The predicted molar refractivity (Wildman–Crippen MR) is 71.2 cm³/mol. The number of nitrogens with zero attached hydrogens (tertiary/aromatic N) is 4. The maximum Gasteiger partial charge on any atom is 0.204 e. The lowest BCUT2D eigenvalue weighted by Crippen LogP contribution is -1.99. The quantitative estimate of drug-likeness (QED) is 0.741. The number of H-pyrrole nitrogens is 1. The predicted octanol–water partition coefficient (Wildman–Crippen LogP) is 1.87. The van der Waals surface area contributed by atoms with E-state index in [4.69, 9.17) is 0 Å². The van der Waals surface area contributed by atoms with E-state index in [1.165, 1.54) is 0 Å². The number of aromatic amines is 1. The first-order valence-corrected chi connectivity index (χ1v) is 5.88. The zero-order chi connectivity index (χ0) is 12.9. The van der Waals surface area contributed by atoms with E-state index in [2.05, 4.69) is 30.9 Å². The van der Waals surface area contributed by atoms with E-state index in [9.17, 15) is 0 Å². The molecule has 0 saturated carbocycles. The highest BCUT2D eigenvalue weighted by Crippen LogP contribution is 2.18. The second kappa shape index (κ2) is 5.26. The van der Waals surface area contributed by atoms with Gasteiger partial charge in [0.05, 0.1) is 0 Å². The molecule has 0 aliphatic carbocycles. The van der Waals surface area contributed by atoms with Crippen molar-refractivity contribution in [3.8, 4) is 11.4 Å². The van der Waals surface area contributed by atoms with Gasteiger partial charge in [0.2, 0.25) is 5.82 Å². The Balaban J connectivity index is 1.74. The van der Waals surface area contributed by atoms with E-state index >= 15 is 0 Å². The highest BCUT2D eigenvalue weighted by atomic mass is 15.5. The third-order valence-corrected chi connectivity index (χ3v) is 2.69. The van der Waals surface area contributed by atoms with E-state index < -0.39 is 0 Å². The highest BCUT2D eigenvalue weighted by molar-refractivity contribution is 5.61. The van der Waals surface area contributed by atoms with Crippen molar-refractivity contribution >= 4 is 5.69 Å². The third kappa shape index (κ3) is 2.74. The van der Waals surface area contributed by atoms with Crippen molar-refractivity contribution in [2.75, 3.05) is 5.32 Å². The number of benzene rings is 1. The molecule has 6 heteroatoms. The standard InChI is InChI=1S/C13H12N6/c1-4-11(13-16-18-19-17-13)7-12(5-1)15-9-10-3-2-6-14-8-10/h1-8,15H,9H2,(H,16,17,18,19). The average molecular weight is 252 g/mol. The molecule has 94 valence electrons. The largest absolute Gasteiger partial charge is 0.381 e. The Labute approximate surface area is 109 Å². The molecule has 2 N–H and O–H groups in total. The van der Waals surface area contributed by atoms with Crippen LogP contribution in [0.5, 0.6) is 0 Å². The number of tetrazole rings is 1. The minimum atomic E-state index is 0.588. The molecule has 0 amide bonds. The Kier molecular flexibility index (Phi) is 3.14. The lowest BCUT2D eigenvalue weighted by molar-refractivity contribution is 0.881. The van der Waals surface area contributed by atoms with E-state index in [1.54, 1.807) is 6.20 Å². The minimum Gasteiger partial charge on any atom is -0.381 e. The summed E-state index contributed by atoms with van der Waals surface area (Å²) in [4.78, 5) is 4.08. The molecule has 0 atom stereocenters. The van der Waals surface area contributed by atoms with Gasteiger partial charge in [0.25, 0.3) is 0 Å². The zero-order valence-electron chi connectivity index (χ0n) is 10.1. The molecule has 0 aliphatic heterocycles. The third-order valence-electron chi connectivity index (χ3n) is 2.69. The monoisotopic (exact) mass is 252 g/mol. The van der Waals surface area contributed by atoms with Gasteiger partial charge in [0.1, 0.15) is 0 Å². The van der Waals surface area contributed by atoms with Crippen LogP contribution in [0.4, 0.5) is 5.69 Å². The first-order valence-electron chi connectivity index (χ1n) is 5.88. The van der Waals surface area contributed by atoms with Gasteiger partial charge in [-0.05, 0) is 29.0 Å². The van der Waals surface area contributed by atoms with E-state index in [0.29, 0.717) is 5.82 Å². The number of aromatic nitrogens is 5. The molecule has 3 rings (SSSR count). The van der Waals surface area contributed by atoms with Crippen LogP contribution in [0.2, 0.25) is 0 Å². The van der Waals surface area contributed by atoms with Gasteiger partial charge in [-0.3, -0.25) is 4.98 Å². The highest BCUT2D eigenvalue weighted by Gasteiger charge is 2.03. The van der Waals surface area contributed by atoms with Crippen molar-refractivity contribution in [3.63, 3.8) is 0 Å². The lowest BCUT2D eigenvalue weighted by atomic mass is 10.2. The van der Waals surface area contributed by atoms with Crippen molar-refractivity contribution in [2.24, 2.45) is 0 Å². The smallest absolute Gasteiger partial charge is 0.204 e. The summed E-state index contributed by atoms with van der Waals surface area (Å²) < 4.78 is 0. The Bertz CT molecular complexity index is 635. The van der Waals surface area contributed by atoms with E-state index in [-0.39, 0.29) is 0 Å². The molecular formula is C13H12N6. The van der Waals surface area contributed by atoms with Gasteiger partial charge in [-0.1, -0.05) is 18.2 Å². The Morgan fingerprint density at radius 3 is 2.95 bits per heavy atom.